The summed E-state index contributed by atoms with van der Waals surface area (Å²) in [6.45, 7) is 5.80. The number of pyridine rings is 1. The molecule has 1 aliphatic heterocycles. The molecule has 4 heteroatoms. The topological polar surface area (TPSA) is 37.4 Å². The lowest BCUT2D eigenvalue weighted by molar-refractivity contribution is 0.0215. The van der Waals surface area contributed by atoms with E-state index in [9.17, 15) is 0 Å². The third kappa shape index (κ3) is 4.18. The van der Waals surface area contributed by atoms with Crippen LogP contribution in [0.3, 0.4) is 0 Å². The van der Waals surface area contributed by atoms with E-state index in [0.717, 1.165) is 32.1 Å². The van der Waals surface area contributed by atoms with Crippen LogP contribution in [0.1, 0.15) is 31.7 Å². The molecule has 0 amide bonds. The van der Waals surface area contributed by atoms with Gasteiger partial charge >= 0.3 is 0 Å². The molecule has 1 fully saturated rings. The zero-order valence-corrected chi connectivity index (χ0v) is 12.1. The third-order valence-electron chi connectivity index (χ3n) is 3.55. The van der Waals surface area contributed by atoms with Crippen molar-refractivity contribution in [3.8, 4) is 0 Å². The minimum absolute atomic E-state index is 0.354. The second-order valence-electron chi connectivity index (χ2n) is 5.14. The summed E-state index contributed by atoms with van der Waals surface area (Å²) >= 11 is 0. The molecule has 1 N–H and O–H groups in total. The molecule has 1 aromatic rings. The normalized spacial score (nSPS) is 19.4. The molecule has 0 aliphatic carbocycles. The van der Waals surface area contributed by atoms with Gasteiger partial charge in [0.2, 0.25) is 0 Å². The molecular weight excluding hydrogens is 238 g/mol. The Balaban J connectivity index is 1.98. The first-order valence-electron chi connectivity index (χ1n) is 7.28. The zero-order valence-electron chi connectivity index (χ0n) is 12.1. The van der Waals surface area contributed by atoms with Crippen LogP contribution >= 0.6 is 0 Å². The summed E-state index contributed by atoms with van der Waals surface area (Å²) in [5.41, 5.74) is 1.25. The molecule has 106 valence electrons. The third-order valence-corrected chi connectivity index (χ3v) is 3.55. The first kappa shape index (κ1) is 14.3. The summed E-state index contributed by atoms with van der Waals surface area (Å²) in [5, 5.41) is 3.37. The van der Waals surface area contributed by atoms with Crippen molar-refractivity contribution in [2.24, 2.45) is 0 Å². The van der Waals surface area contributed by atoms with Crippen molar-refractivity contribution in [3.63, 3.8) is 0 Å². The van der Waals surface area contributed by atoms with E-state index in [1.54, 1.807) is 0 Å². The van der Waals surface area contributed by atoms with Gasteiger partial charge in [0.15, 0.2) is 0 Å². The molecule has 0 spiro atoms. The minimum atomic E-state index is 0.354. The molecule has 1 aromatic heterocycles. The molecule has 0 bridgehead atoms. The highest BCUT2D eigenvalue weighted by atomic mass is 16.5. The van der Waals surface area contributed by atoms with Crippen molar-refractivity contribution < 1.29 is 4.74 Å². The smallest absolute Gasteiger partial charge is 0.132 e. The van der Waals surface area contributed by atoms with Gasteiger partial charge in [-0.2, -0.15) is 0 Å². The maximum atomic E-state index is 5.81. The highest BCUT2D eigenvalue weighted by molar-refractivity contribution is 5.46. The Bertz CT molecular complexity index is 377. The van der Waals surface area contributed by atoms with Gasteiger partial charge in [-0.1, -0.05) is 13.0 Å². The number of likely N-dealkylation sites (N-methyl/N-ethyl adjacent to an activating group) is 1. The predicted octanol–water partition coefficient (Wildman–Crippen LogP) is 2.20. The van der Waals surface area contributed by atoms with Crippen molar-refractivity contribution in [1.29, 1.82) is 0 Å². The highest BCUT2D eigenvalue weighted by Gasteiger charge is 2.17. The zero-order chi connectivity index (χ0) is 13.5. The van der Waals surface area contributed by atoms with E-state index in [-0.39, 0.29) is 0 Å². The van der Waals surface area contributed by atoms with E-state index in [1.807, 2.05) is 12.3 Å². The summed E-state index contributed by atoms with van der Waals surface area (Å²) < 4.78 is 5.81. The number of anilines is 1. The van der Waals surface area contributed by atoms with Crippen LogP contribution in [0.4, 0.5) is 5.82 Å². The van der Waals surface area contributed by atoms with Crippen molar-refractivity contribution in [1.82, 2.24) is 10.3 Å². The van der Waals surface area contributed by atoms with Gasteiger partial charge in [0.05, 0.1) is 6.10 Å². The highest BCUT2D eigenvalue weighted by Crippen LogP contribution is 2.19. The summed E-state index contributed by atoms with van der Waals surface area (Å²) in [5.74, 6) is 1.07. The average molecular weight is 263 g/mol. The van der Waals surface area contributed by atoms with Gasteiger partial charge in [0.25, 0.3) is 0 Å². The fourth-order valence-corrected chi connectivity index (χ4v) is 2.51. The number of ether oxygens (including phenoxy) is 1. The summed E-state index contributed by atoms with van der Waals surface area (Å²) in [7, 11) is 2.11. The Morgan fingerprint density at radius 2 is 2.37 bits per heavy atom. The molecule has 1 aliphatic rings. The van der Waals surface area contributed by atoms with Gasteiger partial charge in [-0.15, -0.1) is 0 Å². The van der Waals surface area contributed by atoms with Gasteiger partial charge in [-0.05, 0) is 31.9 Å². The number of aromatic nitrogens is 1. The quantitative estimate of drug-likeness (QED) is 0.854. The monoisotopic (exact) mass is 263 g/mol. The molecule has 0 aromatic carbocycles. The largest absolute Gasteiger partial charge is 0.376 e. The van der Waals surface area contributed by atoms with Gasteiger partial charge < -0.3 is 15.0 Å². The lowest BCUT2D eigenvalue weighted by Crippen LogP contribution is -2.34. The van der Waals surface area contributed by atoms with Crippen molar-refractivity contribution in [3.05, 3.63) is 23.9 Å². The number of nitrogens with zero attached hydrogens (tertiary/aromatic N) is 2. The van der Waals surface area contributed by atoms with Crippen LogP contribution in [0.15, 0.2) is 18.3 Å². The van der Waals surface area contributed by atoms with Crippen molar-refractivity contribution >= 4 is 5.82 Å². The van der Waals surface area contributed by atoms with Crippen LogP contribution < -0.4 is 10.2 Å². The Kier molecular flexibility index (Phi) is 5.61. The van der Waals surface area contributed by atoms with Gasteiger partial charge in [-0.25, -0.2) is 4.98 Å². The van der Waals surface area contributed by atoms with E-state index in [4.69, 9.17) is 4.74 Å². The first-order chi connectivity index (χ1) is 9.31. The van der Waals surface area contributed by atoms with Crippen LogP contribution in [-0.4, -0.2) is 37.8 Å². The number of nitrogens with one attached hydrogen (secondary N) is 1. The Morgan fingerprint density at radius 3 is 3.11 bits per heavy atom. The van der Waals surface area contributed by atoms with Crippen molar-refractivity contribution in [2.45, 2.75) is 38.8 Å². The lowest BCUT2D eigenvalue weighted by Gasteiger charge is -2.29. The number of hydrogen-bond acceptors (Lipinski definition) is 4. The van der Waals surface area contributed by atoms with Crippen LogP contribution in [0.5, 0.6) is 0 Å². The predicted molar refractivity (Wildman–Crippen MR) is 78.5 cm³/mol. The molecule has 1 unspecified atom stereocenters. The number of rotatable bonds is 6. The second kappa shape index (κ2) is 7.46. The standard InChI is InChI=1S/C15H25N3O/c1-3-16-11-13-7-6-9-17-15(13)18(2)12-14-8-4-5-10-19-14/h6-7,9,14,16H,3-5,8,10-12H2,1-2H3. The van der Waals surface area contributed by atoms with E-state index in [2.05, 4.69) is 35.2 Å². The summed E-state index contributed by atoms with van der Waals surface area (Å²) in [6.07, 6.45) is 5.87. The molecule has 1 atom stereocenters. The van der Waals surface area contributed by atoms with Gasteiger partial charge in [0, 0.05) is 38.5 Å². The van der Waals surface area contributed by atoms with Crippen LogP contribution in [0, 0.1) is 0 Å². The molecule has 4 nitrogen and oxygen atoms in total. The fraction of sp³-hybridized carbons (Fsp3) is 0.667. The molecule has 19 heavy (non-hydrogen) atoms. The lowest BCUT2D eigenvalue weighted by atomic mass is 10.1. The molecule has 0 radical (unpaired) electrons. The number of hydrogen-bond donors (Lipinski definition) is 1. The van der Waals surface area contributed by atoms with Crippen molar-refractivity contribution in [2.75, 3.05) is 31.6 Å². The molecule has 0 saturated carbocycles. The Hall–Kier alpha value is -1.13. The first-order valence-corrected chi connectivity index (χ1v) is 7.28. The Morgan fingerprint density at radius 1 is 1.47 bits per heavy atom. The van der Waals surface area contributed by atoms with Gasteiger partial charge in [0.1, 0.15) is 5.82 Å². The fourth-order valence-electron chi connectivity index (χ4n) is 2.51. The second-order valence-corrected chi connectivity index (χ2v) is 5.14. The maximum absolute atomic E-state index is 5.81. The van der Waals surface area contributed by atoms with E-state index in [0.29, 0.717) is 6.10 Å². The van der Waals surface area contributed by atoms with Crippen LogP contribution in [0.25, 0.3) is 0 Å². The maximum Gasteiger partial charge on any atom is 0.132 e. The van der Waals surface area contributed by atoms with E-state index >= 15 is 0 Å². The molecular formula is C15H25N3O. The van der Waals surface area contributed by atoms with Crippen LogP contribution in [-0.2, 0) is 11.3 Å². The van der Waals surface area contributed by atoms with E-state index in [1.165, 1.54) is 24.8 Å². The molecule has 2 heterocycles. The summed E-state index contributed by atoms with van der Waals surface area (Å²) in [4.78, 5) is 6.75. The molecule has 2 rings (SSSR count). The SMILES string of the molecule is CCNCc1cccnc1N(C)CC1CCCCO1. The minimum Gasteiger partial charge on any atom is -0.376 e. The average Bonchev–Trinajstić information content (AvgIpc) is 2.46. The molecule has 1 saturated heterocycles. The van der Waals surface area contributed by atoms with Gasteiger partial charge in [-0.3, -0.25) is 0 Å². The van der Waals surface area contributed by atoms with Crippen LogP contribution in [0.2, 0.25) is 0 Å². The van der Waals surface area contributed by atoms with E-state index < -0.39 is 0 Å². The summed E-state index contributed by atoms with van der Waals surface area (Å²) in [6, 6.07) is 4.14. The Labute approximate surface area is 116 Å².